The molecule has 172 valence electrons. The molecule has 9 heteroatoms. The number of anilines is 1. The van der Waals surface area contributed by atoms with Crippen LogP contribution >= 0.6 is 0 Å². The molecule has 0 spiro atoms. The highest BCUT2D eigenvalue weighted by atomic mass is 16.6. The van der Waals surface area contributed by atoms with Gasteiger partial charge >= 0.3 is 12.1 Å². The smallest absolute Gasteiger partial charge is 0.407 e. The molecule has 0 bridgehead atoms. The molecule has 4 N–H and O–H groups in total. The third-order valence-electron chi connectivity index (χ3n) is 4.50. The summed E-state index contributed by atoms with van der Waals surface area (Å²) in [7, 11) is 1.75. The Balaban J connectivity index is 1.81. The van der Waals surface area contributed by atoms with Crippen molar-refractivity contribution in [3.8, 4) is 0 Å². The predicted octanol–water partition coefficient (Wildman–Crippen LogP) is 2.89. The van der Waals surface area contributed by atoms with Crippen LogP contribution in [0.2, 0.25) is 0 Å². The monoisotopic (exact) mass is 432 g/mol. The van der Waals surface area contributed by atoms with Crippen molar-refractivity contribution in [1.29, 1.82) is 0 Å². The lowest BCUT2D eigenvalue weighted by Gasteiger charge is -2.23. The van der Waals surface area contributed by atoms with Crippen LogP contribution in [0.15, 0.2) is 29.3 Å². The Hall–Kier alpha value is -2.97. The van der Waals surface area contributed by atoms with E-state index in [2.05, 4.69) is 31.2 Å². The zero-order valence-corrected chi connectivity index (χ0v) is 19.4. The fraction of sp³-hybridized carbons (Fsp3) is 0.591. The second-order valence-electron chi connectivity index (χ2n) is 8.93. The lowest BCUT2D eigenvalue weighted by atomic mass is 10.2. The minimum absolute atomic E-state index is 0.0238. The summed E-state index contributed by atoms with van der Waals surface area (Å²) >= 11 is 0. The van der Waals surface area contributed by atoms with Crippen molar-refractivity contribution in [3.05, 3.63) is 29.8 Å². The maximum absolute atomic E-state index is 12.0. The minimum Gasteiger partial charge on any atom is -0.444 e. The zero-order chi connectivity index (χ0) is 23.0. The molecule has 1 atom stereocenters. The van der Waals surface area contributed by atoms with E-state index in [1.54, 1.807) is 7.05 Å². The van der Waals surface area contributed by atoms with Crippen LogP contribution in [-0.4, -0.2) is 60.8 Å². The number of nitrogens with zero attached hydrogens (tertiary/aromatic N) is 2. The van der Waals surface area contributed by atoms with Crippen molar-refractivity contribution >= 4 is 23.8 Å². The number of guanidine groups is 1. The van der Waals surface area contributed by atoms with E-state index in [-0.39, 0.29) is 18.1 Å². The van der Waals surface area contributed by atoms with Gasteiger partial charge in [0.25, 0.3) is 0 Å². The summed E-state index contributed by atoms with van der Waals surface area (Å²) in [5.41, 5.74) is 1.30. The van der Waals surface area contributed by atoms with E-state index in [0.717, 1.165) is 30.2 Å². The van der Waals surface area contributed by atoms with E-state index in [0.29, 0.717) is 13.1 Å². The van der Waals surface area contributed by atoms with Gasteiger partial charge in [-0.05, 0) is 58.7 Å². The normalized spacial score (nSPS) is 16.8. The third-order valence-corrected chi connectivity index (χ3v) is 4.50. The van der Waals surface area contributed by atoms with Crippen molar-refractivity contribution in [1.82, 2.24) is 20.9 Å². The van der Waals surface area contributed by atoms with Crippen molar-refractivity contribution in [3.63, 3.8) is 0 Å². The third kappa shape index (κ3) is 8.74. The maximum Gasteiger partial charge on any atom is 0.407 e. The van der Waals surface area contributed by atoms with Crippen molar-refractivity contribution in [2.45, 2.75) is 65.3 Å². The summed E-state index contributed by atoms with van der Waals surface area (Å²) in [6.07, 6.45) is 0.441. The lowest BCUT2D eigenvalue weighted by Crippen LogP contribution is -2.44. The fourth-order valence-electron chi connectivity index (χ4n) is 3.19. The highest BCUT2D eigenvalue weighted by Crippen LogP contribution is 2.13. The summed E-state index contributed by atoms with van der Waals surface area (Å²) in [5, 5.41) is 11.9. The molecule has 1 heterocycles. The second-order valence-corrected chi connectivity index (χ2v) is 8.93. The van der Waals surface area contributed by atoms with Gasteiger partial charge in [-0.2, -0.15) is 0 Å². The van der Waals surface area contributed by atoms with Crippen LogP contribution in [-0.2, 0) is 11.3 Å². The van der Waals surface area contributed by atoms with Gasteiger partial charge in [-0.3, -0.25) is 4.99 Å². The first-order valence-corrected chi connectivity index (χ1v) is 10.7. The van der Waals surface area contributed by atoms with Crippen LogP contribution in [0.3, 0.4) is 0 Å². The number of likely N-dealkylation sites (tertiary alicyclic amines) is 1. The zero-order valence-electron chi connectivity index (χ0n) is 19.4. The van der Waals surface area contributed by atoms with Gasteiger partial charge in [0, 0.05) is 38.4 Å². The molecule has 0 saturated carbocycles. The Labute approximate surface area is 185 Å². The number of aliphatic imine (C=N–C) groups is 1. The first kappa shape index (κ1) is 24.3. The summed E-state index contributed by atoms with van der Waals surface area (Å²) in [6.45, 7) is 11.5. The van der Waals surface area contributed by atoms with Gasteiger partial charge in [-0.1, -0.05) is 12.1 Å². The largest absolute Gasteiger partial charge is 0.444 e. The SMILES string of the molecule is CN=C(NCc1ccc(NC(=O)NC(C)C)cc1)N1CCC(NC(=O)OC(C)(C)C)C1. The summed E-state index contributed by atoms with van der Waals surface area (Å²) in [5.74, 6) is 0.784. The maximum atomic E-state index is 12.0. The van der Waals surface area contributed by atoms with Gasteiger partial charge in [0.05, 0.1) is 6.04 Å². The average molecular weight is 433 g/mol. The van der Waals surface area contributed by atoms with Gasteiger partial charge in [0.2, 0.25) is 0 Å². The summed E-state index contributed by atoms with van der Waals surface area (Å²) in [6, 6.07) is 7.55. The number of hydrogen-bond acceptors (Lipinski definition) is 4. The number of benzene rings is 1. The number of nitrogens with one attached hydrogen (secondary N) is 4. The van der Waals surface area contributed by atoms with Gasteiger partial charge in [0.15, 0.2) is 5.96 Å². The van der Waals surface area contributed by atoms with Gasteiger partial charge in [-0.25, -0.2) is 9.59 Å². The molecule has 0 radical (unpaired) electrons. The quantitative estimate of drug-likeness (QED) is 0.423. The number of urea groups is 1. The molecule has 1 aromatic rings. The second kappa shape index (κ2) is 10.9. The summed E-state index contributed by atoms with van der Waals surface area (Å²) < 4.78 is 5.33. The Bertz CT molecular complexity index is 770. The van der Waals surface area contributed by atoms with E-state index in [9.17, 15) is 9.59 Å². The van der Waals surface area contributed by atoms with Gasteiger partial charge in [0.1, 0.15) is 5.60 Å². The molecule has 2 rings (SSSR count). The van der Waals surface area contributed by atoms with Crippen molar-refractivity contribution in [2.75, 3.05) is 25.5 Å². The molecule has 9 nitrogen and oxygen atoms in total. The fourth-order valence-corrected chi connectivity index (χ4v) is 3.19. The van der Waals surface area contributed by atoms with E-state index in [1.807, 2.05) is 58.9 Å². The number of hydrogen-bond donors (Lipinski definition) is 4. The molecule has 1 aromatic carbocycles. The van der Waals surface area contributed by atoms with Crippen LogP contribution in [0.4, 0.5) is 15.3 Å². The Kier molecular flexibility index (Phi) is 8.53. The molecule has 1 aliphatic heterocycles. The molecule has 1 unspecified atom stereocenters. The predicted molar refractivity (Wildman–Crippen MR) is 123 cm³/mol. The molecular weight excluding hydrogens is 396 g/mol. The lowest BCUT2D eigenvalue weighted by molar-refractivity contribution is 0.0507. The van der Waals surface area contributed by atoms with Crippen LogP contribution < -0.4 is 21.3 Å². The molecule has 1 fully saturated rings. The van der Waals surface area contributed by atoms with Gasteiger partial charge in [-0.15, -0.1) is 0 Å². The first-order valence-electron chi connectivity index (χ1n) is 10.7. The number of alkyl carbamates (subject to hydrolysis) is 1. The van der Waals surface area contributed by atoms with Crippen molar-refractivity contribution in [2.24, 2.45) is 4.99 Å². The number of amides is 3. The molecule has 0 aliphatic carbocycles. The standard InChI is InChI=1S/C22H36N6O3/c1-15(2)25-20(29)26-17-9-7-16(8-10-17)13-24-19(23-6)28-12-11-18(14-28)27-21(30)31-22(3,4)5/h7-10,15,18H,11-14H2,1-6H3,(H,23,24)(H,27,30)(H2,25,26,29). The average Bonchev–Trinajstić information content (AvgIpc) is 3.09. The topological polar surface area (TPSA) is 107 Å². The molecule has 1 saturated heterocycles. The molecule has 0 aromatic heterocycles. The summed E-state index contributed by atoms with van der Waals surface area (Å²) in [4.78, 5) is 30.3. The minimum atomic E-state index is -0.511. The highest BCUT2D eigenvalue weighted by Gasteiger charge is 2.27. The van der Waals surface area contributed by atoms with Crippen LogP contribution in [0, 0.1) is 0 Å². The Morgan fingerprint density at radius 1 is 1.23 bits per heavy atom. The number of rotatable bonds is 5. The number of ether oxygens (including phenoxy) is 1. The van der Waals surface area contributed by atoms with Crippen LogP contribution in [0.25, 0.3) is 0 Å². The van der Waals surface area contributed by atoms with E-state index >= 15 is 0 Å². The molecule has 31 heavy (non-hydrogen) atoms. The van der Waals surface area contributed by atoms with E-state index < -0.39 is 11.7 Å². The van der Waals surface area contributed by atoms with E-state index in [4.69, 9.17) is 4.74 Å². The Morgan fingerprint density at radius 3 is 2.48 bits per heavy atom. The highest BCUT2D eigenvalue weighted by molar-refractivity contribution is 5.89. The first-order chi connectivity index (χ1) is 14.6. The number of carbonyl (C=O) groups is 2. The van der Waals surface area contributed by atoms with Gasteiger partial charge < -0.3 is 30.9 Å². The van der Waals surface area contributed by atoms with Crippen LogP contribution in [0.5, 0.6) is 0 Å². The van der Waals surface area contributed by atoms with Crippen molar-refractivity contribution < 1.29 is 14.3 Å². The molecule has 3 amide bonds. The van der Waals surface area contributed by atoms with Crippen LogP contribution in [0.1, 0.15) is 46.6 Å². The Morgan fingerprint density at radius 2 is 1.90 bits per heavy atom. The molecular formula is C22H36N6O3. The number of carbonyl (C=O) groups excluding carboxylic acids is 2. The molecule has 1 aliphatic rings. The van der Waals surface area contributed by atoms with E-state index in [1.165, 1.54) is 0 Å².